The van der Waals surface area contributed by atoms with Crippen molar-refractivity contribution in [3.8, 4) is 0 Å². The zero-order valence-corrected chi connectivity index (χ0v) is 11.3. The third kappa shape index (κ3) is 3.86. The molecule has 2 rings (SSSR count). The molecule has 1 aliphatic rings. The molecule has 0 radical (unpaired) electrons. The quantitative estimate of drug-likeness (QED) is 0.711. The van der Waals surface area contributed by atoms with Crippen molar-refractivity contribution in [1.29, 1.82) is 0 Å². The second-order valence-electron chi connectivity index (χ2n) is 4.40. The van der Waals surface area contributed by atoms with Crippen LogP contribution in [0, 0.1) is 0 Å². The van der Waals surface area contributed by atoms with Gasteiger partial charge in [0.15, 0.2) is 0 Å². The molecule has 6 heteroatoms. The number of nitrogens with one attached hydrogen (secondary N) is 2. The number of carbonyl (C=O) groups is 2. The highest BCUT2D eigenvalue weighted by molar-refractivity contribution is 6.01. The van der Waals surface area contributed by atoms with Crippen LogP contribution in [-0.2, 0) is 4.79 Å². The molecule has 1 fully saturated rings. The van der Waals surface area contributed by atoms with Crippen molar-refractivity contribution in [2.45, 2.75) is 25.3 Å². The maximum atomic E-state index is 12.0. The Labute approximate surface area is 118 Å². The van der Waals surface area contributed by atoms with Crippen molar-refractivity contribution < 1.29 is 9.59 Å². The number of hydrogen-bond donors (Lipinski definition) is 3. The van der Waals surface area contributed by atoms with Crippen LogP contribution in [0.1, 0.15) is 29.6 Å². The van der Waals surface area contributed by atoms with Crippen molar-refractivity contribution in [2.24, 2.45) is 0 Å². The van der Waals surface area contributed by atoms with Crippen LogP contribution < -0.4 is 16.4 Å². The molecule has 104 valence electrons. The minimum atomic E-state index is -0.459. The lowest BCUT2D eigenvalue weighted by atomic mass is 10.1. The van der Waals surface area contributed by atoms with E-state index in [1.54, 1.807) is 24.3 Å². The molecule has 1 aromatic carbocycles. The molecule has 0 spiro atoms. The van der Waals surface area contributed by atoms with E-state index in [4.69, 9.17) is 5.73 Å². The first kappa shape index (κ1) is 15.3. The van der Waals surface area contributed by atoms with Crippen LogP contribution >= 0.6 is 12.4 Å². The fraction of sp³-hybridized carbons (Fsp3) is 0.385. The van der Waals surface area contributed by atoms with Gasteiger partial charge in [0.2, 0.25) is 5.91 Å². The standard InChI is InChI=1S/C13H17N3O2.ClH/c14-10-6-2-1-5-9(10)12(17)16-11-7-3-4-8-15-13(11)18;/h1-2,5-6,11H,3-4,7-8,14H2,(H,15,18)(H,16,17);1H. The Morgan fingerprint density at radius 3 is 2.79 bits per heavy atom. The SMILES string of the molecule is Cl.Nc1ccccc1C(=O)NC1CCCCNC1=O. The molecule has 1 heterocycles. The number of halogens is 1. The van der Waals surface area contributed by atoms with Crippen molar-refractivity contribution >= 4 is 29.9 Å². The molecule has 4 N–H and O–H groups in total. The topological polar surface area (TPSA) is 84.2 Å². The van der Waals surface area contributed by atoms with Gasteiger partial charge in [-0.1, -0.05) is 12.1 Å². The highest BCUT2D eigenvalue weighted by Gasteiger charge is 2.23. The highest BCUT2D eigenvalue weighted by atomic mass is 35.5. The van der Waals surface area contributed by atoms with Gasteiger partial charge in [-0.25, -0.2) is 0 Å². The van der Waals surface area contributed by atoms with Gasteiger partial charge in [0.25, 0.3) is 5.91 Å². The molecule has 0 aliphatic carbocycles. The molecular weight excluding hydrogens is 266 g/mol. The maximum Gasteiger partial charge on any atom is 0.254 e. The van der Waals surface area contributed by atoms with Crippen LogP contribution in [0.15, 0.2) is 24.3 Å². The molecule has 1 aliphatic heterocycles. The summed E-state index contributed by atoms with van der Waals surface area (Å²) in [6.45, 7) is 0.679. The number of hydrogen-bond acceptors (Lipinski definition) is 3. The van der Waals surface area contributed by atoms with Crippen molar-refractivity contribution in [2.75, 3.05) is 12.3 Å². The number of benzene rings is 1. The van der Waals surface area contributed by atoms with Crippen LogP contribution in [0.2, 0.25) is 0 Å². The van der Waals surface area contributed by atoms with Crippen LogP contribution in [-0.4, -0.2) is 24.4 Å². The molecule has 0 saturated carbocycles. The summed E-state index contributed by atoms with van der Waals surface area (Å²) < 4.78 is 0. The summed E-state index contributed by atoms with van der Waals surface area (Å²) in [5.41, 5.74) is 6.56. The van der Waals surface area contributed by atoms with Gasteiger partial charge in [0.05, 0.1) is 5.56 Å². The van der Waals surface area contributed by atoms with E-state index >= 15 is 0 Å². The molecule has 1 saturated heterocycles. The molecular formula is C13H18ClN3O2. The van der Waals surface area contributed by atoms with Crippen molar-refractivity contribution in [3.05, 3.63) is 29.8 Å². The van der Waals surface area contributed by atoms with Gasteiger partial charge in [-0.3, -0.25) is 9.59 Å². The Morgan fingerprint density at radius 1 is 1.32 bits per heavy atom. The summed E-state index contributed by atoms with van der Waals surface area (Å²) in [5, 5.41) is 5.52. The van der Waals surface area contributed by atoms with Gasteiger partial charge in [0, 0.05) is 12.2 Å². The zero-order valence-electron chi connectivity index (χ0n) is 10.5. The third-order valence-electron chi connectivity index (χ3n) is 3.05. The van der Waals surface area contributed by atoms with Gasteiger partial charge >= 0.3 is 0 Å². The van der Waals surface area contributed by atoms with Gasteiger partial charge < -0.3 is 16.4 Å². The van der Waals surface area contributed by atoms with Gasteiger partial charge in [-0.05, 0) is 31.4 Å². The molecule has 2 amide bonds. The lowest BCUT2D eigenvalue weighted by Gasteiger charge is -2.15. The number of nitrogen functional groups attached to an aromatic ring is 1. The van der Waals surface area contributed by atoms with Crippen LogP contribution in [0.4, 0.5) is 5.69 Å². The number of amides is 2. The predicted octanol–water partition coefficient (Wildman–Crippen LogP) is 1.09. The minimum absolute atomic E-state index is 0. The van der Waals surface area contributed by atoms with Gasteiger partial charge in [0.1, 0.15) is 6.04 Å². The molecule has 0 aromatic heterocycles. The van der Waals surface area contributed by atoms with E-state index < -0.39 is 6.04 Å². The lowest BCUT2D eigenvalue weighted by molar-refractivity contribution is -0.122. The Morgan fingerprint density at radius 2 is 2.05 bits per heavy atom. The van der Waals surface area contributed by atoms with Crippen LogP contribution in [0.5, 0.6) is 0 Å². The lowest BCUT2D eigenvalue weighted by Crippen LogP contribution is -2.45. The number of rotatable bonds is 2. The Bertz CT molecular complexity index is 465. The zero-order chi connectivity index (χ0) is 13.0. The minimum Gasteiger partial charge on any atom is -0.398 e. The van der Waals surface area contributed by atoms with E-state index in [2.05, 4.69) is 10.6 Å². The summed E-state index contributed by atoms with van der Waals surface area (Å²) >= 11 is 0. The van der Waals surface area contributed by atoms with Crippen LogP contribution in [0.25, 0.3) is 0 Å². The molecule has 5 nitrogen and oxygen atoms in total. The first-order valence-electron chi connectivity index (χ1n) is 6.11. The third-order valence-corrected chi connectivity index (χ3v) is 3.05. The van der Waals surface area contributed by atoms with E-state index in [0.717, 1.165) is 12.8 Å². The molecule has 1 unspecified atom stereocenters. The second-order valence-corrected chi connectivity index (χ2v) is 4.40. The normalized spacial score (nSPS) is 18.7. The average molecular weight is 284 g/mol. The summed E-state index contributed by atoms with van der Waals surface area (Å²) in [4.78, 5) is 23.7. The van der Waals surface area contributed by atoms with E-state index in [9.17, 15) is 9.59 Å². The smallest absolute Gasteiger partial charge is 0.254 e. The average Bonchev–Trinajstić information content (AvgIpc) is 2.55. The summed E-state index contributed by atoms with van der Waals surface area (Å²) in [6, 6.07) is 6.38. The van der Waals surface area contributed by atoms with E-state index in [1.165, 1.54) is 0 Å². The Balaban J connectivity index is 0.00000180. The predicted molar refractivity (Wildman–Crippen MR) is 76.2 cm³/mol. The van der Waals surface area contributed by atoms with E-state index in [0.29, 0.717) is 24.2 Å². The second kappa shape index (κ2) is 6.99. The fourth-order valence-corrected chi connectivity index (χ4v) is 2.02. The van der Waals surface area contributed by atoms with Gasteiger partial charge in [-0.15, -0.1) is 12.4 Å². The summed E-state index contributed by atoms with van der Waals surface area (Å²) in [6.07, 6.45) is 2.55. The van der Waals surface area contributed by atoms with E-state index in [1.807, 2.05) is 0 Å². The highest BCUT2D eigenvalue weighted by Crippen LogP contribution is 2.12. The summed E-state index contributed by atoms with van der Waals surface area (Å²) in [7, 11) is 0. The number of nitrogens with two attached hydrogens (primary N) is 1. The number of para-hydroxylation sites is 1. The molecule has 1 atom stereocenters. The van der Waals surface area contributed by atoms with Crippen LogP contribution in [0.3, 0.4) is 0 Å². The molecule has 0 bridgehead atoms. The maximum absolute atomic E-state index is 12.0. The monoisotopic (exact) mass is 283 g/mol. The number of anilines is 1. The Kier molecular flexibility index (Phi) is 5.63. The van der Waals surface area contributed by atoms with Crippen molar-refractivity contribution in [1.82, 2.24) is 10.6 Å². The van der Waals surface area contributed by atoms with Crippen molar-refractivity contribution in [3.63, 3.8) is 0 Å². The van der Waals surface area contributed by atoms with E-state index in [-0.39, 0.29) is 24.2 Å². The van der Waals surface area contributed by atoms with Gasteiger partial charge in [-0.2, -0.15) is 0 Å². The first-order chi connectivity index (χ1) is 8.68. The fourth-order valence-electron chi connectivity index (χ4n) is 2.02. The number of carbonyl (C=O) groups excluding carboxylic acids is 2. The first-order valence-corrected chi connectivity index (χ1v) is 6.11. The molecule has 19 heavy (non-hydrogen) atoms. The largest absolute Gasteiger partial charge is 0.398 e. The Hall–Kier alpha value is -1.75. The molecule has 1 aromatic rings. The summed E-state index contributed by atoms with van der Waals surface area (Å²) in [5.74, 6) is -0.412.